The second-order valence-corrected chi connectivity index (χ2v) is 8.40. The van der Waals surface area contributed by atoms with E-state index in [-0.39, 0.29) is 12.5 Å². The molecule has 0 radical (unpaired) electrons. The number of amides is 2. The predicted octanol–water partition coefficient (Wildman–Crippen LogP) is 5.13. The molecule has 1 aromatic heterocycles. The molecule has 3 aromatic rings. The third-order valence-electron chi connectivity index (χ3n) is 3.92. The van der Waals surface area contributed by atoms with Crippen LogP contribution < -0.4 is 10.6 Å². The molecule has 29 heavy (non-hydrogen) atoms. The Morgan fingerprint density at radius 1 is 1.07 bits per heavy atom. The fourth-order valence-corrected chi connectivity index (χ4v) is 2.97. The first-order valence-electron chi connectivity index (χ1n) is 9.14. The molecule has 0 bridgehead atoms. The summed E-state index contributed by atoms with van der Waals surface area (Å²) in [4.78, 5) is 28.9. The van der Waals surface area contributed by atoms with Crippen LogP contribution in [0.15, 0.2) is 59.1 Å². The first-order valence-corrected chi connectivity index (χ1v) is 9.93. The Morgan fingerprint density at radius 2 is 1.76 bits per heavy atom. The number of benzene rings is 2. The Hall–Kier alpha value is -2.93. The van der Waals surface area contributed by atoms with Crippen LogP contribution in [0.1, 0.15) is 20.8 Å². The number of anilines is 1. The van der Waals surface area contributed by atoms with Crippen molar-refractivity contribution in [2.75, 3.05) is 11.9 Å². The zero-order valence-electron chi connectivity index (χ0n) is 16.5. The van der Waals surface area contributed by atoms with E-state index in [9.17, 15) is 9.59 Å². The van der Waals surface area contributed by atoms with Gasteiger partial charge in [-0.1, -0.05) is 46.3 Å². The SMILES string of the molecule is CC(C)(C)OC(=O)NCC(=O)Nc1cc(-c2ccc(Br)cc2)nc2ccccc12. The summed E-state index contributed by atoms with van der Waals surface area (Å²) >= 11 is 3.43. The molecule has 0 saturated carbocycles. The average Bonchev–Trinajstić information content (AvgIpc) is 2.65. The number of rotatable bonds is 4. The van der Waals surface area contributed by atoms with Crippen LogP contribution >= 0.6 is 15.9 Å². The number of halogens is 1. The summed E-state index contributed by atoms with van der Waals surface area (Å²) in [7, 11) is 0. The molecule has 0 spiro atoms. The maximum Gasteiger partial charge on any atom is 0.408 e. The van der Waals surface area contributed by atoms with Crippen molar-refractivity contribution in [3.05, 3.63) is 59.1 Å². The van der Waals surface area contributed by atoms with Crippen LogP contribution in [-0.2, 0) is 9.53 Å². The number of hydrogen-bond donors (Lipinski definition) is 2. The van der Waals surface area contributed by atoms with Gasteiger partial charge in [-0.3, -0.25) is 4.79 Å². The molecular weight excluding hydrogens is 434 g/mol. The topological polar surface area (TPSA) is 80.3 Å². The van der Waals surface area contributed by atoms with Gasteiger partial charge in [0.1, 0.15) is 12.1 Å². The van der Waals surface area contributed by atoms with Gasteiger partial charge in [-0.25, -0.2) is 9.78 Å². The van der Waals surface area contributed by atoms with Gasteiger partial charge in [-0.05, 0) is 45.0 Å². The molecule has 7 heteroatoms. The van der Waals surface area contributed by atoms with E-state index in [1.807, 2.05) is 54.6 Å². The predicted molar refractivity (Wildman–Crippen MR) is 118 cm³/mol. The Labute approximate surface area is 177 Å². The van der Waals surface area contributed by atoms with E-state index in [0.29, 0.717) is 5.69 Å². The molecule has 0 atom stereocenters. The summed E-state index contributed by atoms with van der Waals surface area (Å²) < 4.78 is 6.13. The Kier molecular flexibility index (Phi) is 6.17. The highest BCUT2D eigenvalue weighted by Gasteiger charge is 2.17. The van der Waals surface area contributed by atoms with Gasteiger partial charge in [-0.15, -0.1) is 0 Å². The number of nitrogens with one attached hydrogen (secondary N) is 2. The van der Waals surface area contributed by atoms with Crippen molar-refractivity contribution in [3.63, 3.8) is 0 Å². The van der Waals surface area contributed by atoms with E-state index in [1.54, 1.807) is 20.8 Å². The summed E-state index contributed by atoms with van der Waals surface area (Å²) in [6, 6.07) is 17.2. The molecule has 2 N–H and O–H groups in total. The lowest BCUT2D eigenvalue weighted by Crippen LogP contribution is -2.37. The molecule has 1 heterocycles. The van der Waals surface area contributed by atoms with Crippen molar-refractivity contribution in [2.24, 2.45) is 0 Å². The lowest BCUT2D eigenvalue weighted by molar-refractivity contribution is -0.115. The van der Waals surface area contributed by atoms with Crippen LogP contribution in [-0.4, -0.2) is 29.1 Å². The lowest BCUT2D eigenvalue weighted by Gasteiger charge is -2.19. The minimum atomic E-state index is -0.636. The fourth-order valence-electron chi connectivity index (χ4n) is 2.71. The lowest BCUT2D eigenvalue weighted by atomic mass is 10.1. The summed E-state index contributed by atoms with van der Waals surface area (Å²) in [6.07, 6.45) is -0.636. The second kappa shape index (κ2) is 8.61. The molecule has 0 unspecified atom stereocenters. The number of pyridine rings is 1. The van der Waals surface area contributed by atoms with Crippen LogP contribution in [0.5, 0.6) is 0 Å². The highest BCUT2D eigenvalue weighted by molar-refractivity contribution is 9.10. The number of carbonyl (C=O) groups excluding carboxylic acids is 2. The molecule has 0 aliphatic carbocycles. The molecule has 2 amide bonds. The van der Waals surface area contributed by atoms with Crippen molar-refractivity contribution in [3.8, 4) is 11.3 Å². The molecule has 3 rings (SSSR count). The minimum absolute atomic E-state index is 0.195. The Balaban J connectivity index is 1.81. The van der Waals surface area contributed by atoms with Crippen LogP contribution in [0.4, 0.5) is 10.5 Å². The van der Waals surface area contributed by atoms with Crippen LogP contribution in [0.25, 0.3) is 22.2 Å². The molecule has 0 aliphatic heterocycles. The van der Waals surface area contributed by atoms with E-state index < -0.39 is 11.7 Å². The largest absolute Gasteiger partial charge is 0.444 e. The standard InChI is InChI=1S/C22H22BrN3O3/c1-22(2,3)29-21(28)24-13-20(27)26-19-12-18(14-8-10-15(23)11-9-14)25-17-7-5-4-6-16(17)19/h4-12H,13H2,1-3H3,(H,24,28)(H,25,26,27). The van der Waals surface area contributed by atoms with E-state index in [2.05, 4.69) is 26.6 Å². The molecule has 0 fully saturated rings. The van der Waals surface area contributed by atoms with Crippen LogP contribution in [0, 0.1) is 0 Å². The molecule has 150 valence electrons. The number of hydrogen-bond acceptors (Lipinski definition) is 4. The van der Waals surface area contributed by atoms with E-state index in [0.717, 1.165) is 26.6 Å². The number of para-hydroxylation sites is 1. The number of aromatic nitrogens is 1. The third kappa shape index (κ3) is 5.77. The molecule has 6 nitrogen and oxygen atoms in total. The number of carbonyl (C=O) groups is 2. The first kappa shape index (κ1) is 20.8. The minimum Gasteiger partial charge on any atom is -0.444 e. The van der Waals surface area contributed by atoms with Gasteiger partial charge in [-0.2, -0.15) is 0 Å². The number of fused-ring (bicyclic) bond motifs is 1. The Bertz CT molecular complexity index is 1040. The molecule has 0 aliphatic rings. The normalized spacial score (nSPS) is 11.2. The molecular formula is C22H22BrN3O3. The van der Waals surface area contributed by atoms with Crippen LogP contribution in [0.2, 0.25) is 0 Å². The smallest absolute Gasteiger partial charge is 0.408 e. The molecule has 0 saturated heterocycles. The quantitative estimate of drug-likeness (QED) is 0.571. The van der Waals surface area contributed by atoms with Crippen molar-refractivity contribution in [1.82, 2.24) is 10.3 Å². The summed E-state index contributed by atoms with van der Waals surface area (Å²) in [5.74, 6) is -0.353. The zero-order valence-corrected chi connectivity index (χ0v) is 18.0. The van der Waals surface area contributed by atoms with Gasteiger partial charge < -0.3 is 15.4 Å². The van der Waals surface area contributed by atoms with Gasteiger partial charge in [0.05, 0.1) is 16.9 Å². The van der Waals surface area contributed by atoms with E-state index in [1.165, 1.54) is 0 Å². The summed E-state index contributed by atoms with van der Waals surface area (Å²) in [6.45, 7) is 5.09. The number of nitrogens with zero attached hydrogens (tertiary/aromatic N) is 1. The zero-order chi connectivity index (χ0) is 21.0. The summed E-state index contributed by atoms with van der Waals surface area (Å²) in [5, 5.41) is 6.15. The highest BCUT2D eigenvalue weighted by atomic mass is 79.9. The third-order valence-corrected chi connectivity index (χ3v) is 4.45. The van der Waals surface area contributed by atoms with Crippen molar-refractivity contribution < 1.29 is 14.3 Å². The summed E-state index contributed by atoms with van der Waals surface area (Å²) in [5.41, 5.74) is 2.45. The maximum absolute atomic E-state index is 12.4. The second-order valence-electron chi connectivity index (χ2n) is 7.48. The maximum atomic E-state index is 12.4. The van der Waals surface area contributed by atoms with E-state index >= 15 is 0 Å². The monoisotopic (exact) mass is 455 g/mol. The average molecular weight is 456 g/mol. The fraction of sp³-hybridized carbons (Fsp3) is 0.227. The number of alkyl carbamates (subject to hydrolysis) is 1. The molecule has 2 aromatic carbocycles. The van der Waals surface area contributed by atoms with Gasteiger partial charge in [0.15, 0.2) is 0 Å². The van der Waals surface area contributed by atoms with Gasteiger partial charge in [0.25, 0.3) is 0 Å². The van der Waals surface area contributed by atoms with Gasteiger partial charge in [0.2, 0.25) is 5.91 Å². The highest BCUT2D eigenvalue weighted by Crippen LogP contribution is 2.29. The van der Waals surface area contributed by atoms with Crippen molar-refractivity contribution in [1.29, 1.82) is 0 Å². The Morgan fingerprint density at radius 3 is 2.45 bits per heavy atom. The first-order chi connectivity index (χ1) is 13.7. The van der Waals surface area contributed by atoms with Gasteiger partial charge >= 0.3 is 6.09 Å². The van der Waals surface area contributed by atoms with E-state index in [4.69, 9.17) is 9.72 Å². The van der Waals surface area contributed by atoms with Gasteiger partial charge in [0, 0.05) is 15.4 Å². The number of ether oxygens (including phenoxy) is 1. The van der Waals surface area contributed by atoms with Crippen molar-refractivity contribution in [2.45, 2.75) is 26.4 Å². The van der Waals surface area contributed by atoms with Crippen LogP contribution in [0.3, 0.4) is 0 Å². The van der Waals surface area contributed by atoms with Crippen molar-refractivity contribution >= 4 is 44.5 Å².